The summed E-state index contributed by atoms with van der Waals surface area (Å²) in [6.45, 7) is 0.982. The van der Waals surface area contributed by atoms with Crippen LogP contribution in [0.15, 0.2) is 16.3 Å². The first kappa shape index (κ1) is 15.4. The van der Waals surface area contributed by atoms with Gasteiger partial charge in [-0.2, -0.15) is 4.31 Å². The van der Waals surface area contributed by atoms with Gasteiger partial charge in [-0.1, -0.05) is 0 Å². The summed E-state index contributed by atoms with van der Waals surface area (Å²) in [5.74, 6) is -0.511. The van der Waals surface area contributed by atoms with Gasteiger partial charge in [0.25, 0.3) is 10.0 Å². The second kappa shape index (κ2) is 6.21. The van der Waals surface area contributed by atoms with Crippen LogP contribution in [0.5, 0.6) is 0 Å². The molecule has 0 radical (unpaired) electrons. The number of hydrogen-bond donors (Lipinski definition) is 1. The minimum atomic E-state index is -3.52. The summed E-state index contributed by atoms with van der Waals surface area (Å²) in [7, 11) is -0.411. The third-order valence-corrected chi connectivity index (χ3v) is 6.75. The Morgan fingerprint density at radius 3 is 2.90 bits per heavy atom. The molecular weight excluding hydrogens is 300 g/mol. The van der Waals surface area contributed by atoms with E-state index in [0.717, 1.165) is 24.2 Å². The molecule has 2 heterocycles. The van der Waals surface area contributed by atoms with E-state index in [4.69, 9.17) is 0 Å². The fourth-order valence-corrected chi connectivity index (χ4v) is 5.10. The van der Waals surface area contributed by atoms with Crippen molar-refractivity contribution in [3.05, 3.63) is 17.0 Å². The van der Waals surface area contributed by atoms with Crippen molar-refractivity contribution in [3.8, 4) is 0 Å². The van der Waals surface area contributed by atoms with Gasteiger partial charge in [-0.25, -0.2) is 13.2 Å². The van der Waals surface area contributed by atoms with Gasteiger partial charge >= 0.3 is 5.97 Å². The van der Waals surface area contributed by atoms with Crippen molar-refractivity contribution in [2.24, 2.45) is 0 Å². The molecule has 1 N–H and O–H groups in total. The van der Waals surface area contributed by atoms with Crippen LogP contribution in [0.1, 0.15) is 22.5 Å². The lowest BCUT2D eigenvalue weighted by Crippen LogP contribution is -2.46. The Labute approximate surface area is 122 Å². The fraction of sp³-hybridized carbons (Fsp3) is 0.583. The van der Waals surface area contributed by atoms with E-state index >= 15 is 0 Å². The lowest BCUT2D eigenvalue weighted by molar-refractivity contribution is 0.0606. The SMILES string of the molecule is CNC1CCCN(S(=O)(=O)c2ccc(C(=O)OC)s2)C1. The molecular formula is C12H18N2O4S2. The first-order chi connectivity index (χ1) is 9.48. The van der Waals surface area contributed by atoms with Crippen molar-refractivity contribution >= 4 is 27.3 Å². The van der Waals surface area contributed by atoms with Gasteiger partial charge in [0.2, 0.25) is 0 Å². The van der Waals surface area contributed by atoms with E-state index < -0.39 is 16.0 Å². The van der Waals surface area contributed by atoms with E-state index in [9.17, 15) is 13.2 Å². The molecule has 8 heteroatoms. The Morgan fingerprint density at radius 2 is 2.25 bits per heavy atom. The lowest BCUT2D eigenvalue weighted by atomic mass is 10.1. The van der Waals surface area contributed by atoms with E-state index in [1.807, 2.05) is 7.05 Å². The number of carbonyl (C=O) groups excluding carboxylic acids is 1. The number of likely N-dealkylation sites (N-methyl/N-ethyl adjacent to an activating group) is 1. The third kappa shape index (κ3) is 3.03. The van der Waals surface area contributed by atoms with Crippen LogP contribution in [0, 0.1) is 0 Å². The van der Waals surface area contributed by atoms with Crippen LogP contribution in [0.3, 0.4) is 0 Å². The second-order valence-electron chi connectivity index (χ2n) is 4.60. The highest BCUT2D eigenvalue weighted by Crippen LogP contribution is 2.27. The number of carbonyl (C=O) groups is 1. The third-order valence-electron chi connectivity index (χ3n) is 3.35. The summed E-state index contributed by atoms with van der Waals surface area (Å²) in [4.78, 5) is 11.7. The van der Waals surface area contributed by atoms with Crippen molar-refractivity contribution in [1.82, 2.24) is 9.62 Å². The highest BCUT2D eigenvalue weighted by atomic mass is 32.2. The van der Waals surface area contributed by atoms with Crippen LogP contribution in [0.4, 0.5) is 0 Å². The number of ether oxygens (including phenoxy) is 1. The number of hydrogen-bond acceptors (Lipinski definition) is 6. The van der Waals surface area contributed by atoms with E-state index in [1.165, 1.54) is 23.5 Å². The number of thiophene rings is 1. The predicted octanol–water partition coefficient (Wildman–Crippen LogP) is 0.907. The van der Waals surface area contributed by atoms with Crippen LogP contribution in [-0.2, 0) is 14.8 Å². The summed E-state index contributed by atoms with van der Waals surface area (Å²) in [6, 6.07) is 3.14. The van der Waals surface area contributed by atoms with Crippen molar-refractivity contribution in [2.75, 3.05) is 27.2 Å². The fourth-order valence-electron chi connectivity index (χ4n) is 2.19. The monoisotopic (exact) mass is 318 g/mol. The van der Waals surface area contributed by atoms with Crippen molar-refractivity contribution < 1.29 is 17.9 Å². The van der Waals surface area contributed by atoms with Gasteiger partial charge in [-0.05, 0) is 32.0 Å². The number of sulfonamides is 1. The molecule has 1 saturated heterocycles. The van der Waals surface area contributed by atoms with E-state index in [1.54, 1.807) is 0 Å². The van der Waals surface area contributed by atoms with Crippen LogP contribution >= 0.6 is 11.3 Å². The molecule has 1 aromatic heterocycles. The Morgan fingerprint density at radius 1 is 1.50 bits per heavy atom. The average molecular weight is 318 g/mol. The number of esters is 1. The van der Waals surface area contributed by atoms with Gasteiger partial charge < -0.3 is 10.1 Å². The van der Waals surface area contributed by atoms with Gasteiger partial charge in [0.15, 0.2) is 0 Å². The first-order valence-corrected chi connectivity index (χ1v) is 8.60. The molecule has 6 nitrogen and oxygen atoms in total. The minimum Gasteiger partial charge on any atom is -0.465 e. The normalized spacial score (nSPS) is 20.8. The molecule has 1 fully saturated rings. The highest BCUT2D eigenvalue weighted by molar-refractivity contribution is 7.91. The van der Waals surface area contributed by atoms with Crippen LogP contribution in [-0.4, -0.2) is 52.0 Å². The van der Waals surface area contributed by atoms with Gasteiger partial charge in [0.05, 0.1) is 7.11 Å². The quantitative estimate of drug-likeness (QED) is 0.835. The van der Waals surface area contributed by atoms with Crippen LogP contribution in [0.25, 0.3) is 0 Å². The number of methoxy groups -OCH3 is 1. The Bertz CT molecular complexity index is 582. The summed E-state index contributed by atoms with van der Waals surface area (Å²) < 4.78 is 31.3. The molecule has 0 amide bonds. The molecule has 0 saturated carbocycles. The zero-order chi connectivity index (χ0) is 14.8. The summed E-state index contributed by atoms with van der Waals surface area (Å²) in [6.07, 6.45) is 1.81. The molecule has 0 spiro atoms. The number of rotatable bonds is 4. The summed E-state index contributed by atoms with van der Waals surface area (Å²) in [5, 5.41) is 3.11. The highest BCUT2D eigenvalue weighted by Gasteiger charge is 2.31. The molecule has 1 unspecified atom stereocenters. The standard InChI is InChI=1S/C12H18N2O4S2/c1-13-9-4-3-7-14(8-9)20(16,17)11-6-5-10(19-11)12(15)18-2/h5-6,9,13H,3-4,7-8H2,1-2H3. The molecule has 1 aromatic rings. The maximum atomic E-state index is 12.5. The smallest absolute Gasteiger partial charge is 0.348 e. The Kier molecular flexibility index (Phi) is 4.79. The predicted molar refractivity (Wildman–Crippen MR) is 76.5 cm³/mol. The van der Waals surface area contributed by atoms with Gasteiger partial charge in [0.1, 0.15) is 9.09 Å². The maximum Gasteiger partial charge on any atom is 0.348 e. The van der Waals surface area contributed by atoms with Crippen LogP contribution in [0.2, 0.25) is 0 Å². The van der Waals surface area contributed by atoms with Gasteiger partial charge in [-0.3, -0.25) is 0 Å². The molecule has 2 rings (SSSR count). The van der Waals surface area contributed by atoms with Crippen molar-refractivity contribution in [2.45, 2.75) is 23.1 Å². The molecule has 112 valence electrons. The molecule has 1 aliphatic heterocycles. The van der Waals surface area contributed by atoms with E-state index in [2.05, 4.69) is 10.1 Å². The van der Waals surface area contributed by atoms with Crippen molar-refractivity contribution in [1.29, 1.82) is 0 Å². The largest absolute Gasteiger partial charge is 0.465 e. The summed E-state index contributed by atoms with van der Waals surface area (Å²) in [5.41, 5.74) is 0. The average Bonchev–Trinajstić information content (AvgIpc) is 2.97. The molecule has 0 bridgehead atoms. The topological polar surface area (TPSA) is 75.7 Å². The van der Waals surface area contributed by atoms with Gasteiger partial charge in [0, 0.05) is 19.1 Å². The maximum absolute atomic E-state index is 12.5. The zero-order valence-corrected chi connectivity index (χ0v) is 13.1. The second-order valence-corrected chi connectivity index (χ2v) is 7.85. The van der Waals surface area contributed by atoms with Crippen LogP contribution < -0.4 is 5.32 Å². The lowest BCUT2D eigenvalue weighted by Gasteiger charge is -2.31. The number of piperidine rings is 1. The molecule has 0 aliphatic carbocycles. The van der Waals surface area contributed by atoms with Gasteiger partial charge in [-0.15, -0.1) is 11.3 Å². The molecule has 1 aliphatic rings. The Hall–Kier alpha value is -0.960. The first-order valence-electron chi connectivity index (χ1n) is 6.34. The molecule has 1 atom stereocenters. The summed E-state index contributed by atoms with van der Waals surface area (Å²) >= 11 is 0.950. The molecule has 0 aromatic carbocycles. The molecule has 20 heavy (non-hydrogen) atoms. The van der Waals surface area contributed by atoms with E-state index in [0.29, 0.717) is 18.0 Å². The number of nitrogens with zero attached hydrogens (tertiary/aromatic N) is 1. The van der Waals surface area contributed by atoms with Crippen molar-refractivity contribution in [3.63, 3.8) is 0 Å². The number of nitrogens with one attached hydrogen (secondary N) is 1. The van der Waals surface area contributed by atoms with E-state index in [-0.39, 0.29) is 10.3 Å². The zero-order valence-electron chi connectivity index (χ0n) is 11.5. The minimum absolute atomic E-state index is 0.179. The Balaban J connectivity index is 2.21.